The molecule has 1 N–H and O–H groups in total. The fourth-order valence-corrected chi connectivity index (χ4v) is 2.46. The molecule has 0 aliphatic heterocycles. The van der Waals surface area contributed by atoms with Crippen LogP contribution in [0, 0.1) is 0 Å². The number of amides is 2. The van der Waals surface area contributed by atoms with E-state index in [1.165, 1.54) is 0 Å². The van der Waals surface area contributed by atoms with Crippen LogP contribution in [0.3, 0.4) is 0 Å². The van der Waals surface area contributed by atoms with E-state index in [0.717, 1.165) is 19.3 Å². The van der Waals surface area contributed by atoms with Crippen molar-refractivity contribution in [1.82, 2.24) is 15.2 Å². The third-order valence-electron chi connectivity index (χ3n) is 3.69. The van der Waals surface area contributed by atoms with E-state index < -0.39 is 6.04 Å². The van der Waals surface area contributed by atoms with Gasteiger partial charge in [-0.15, -0.1) is 13.2 Å². The zero-order valence-electron chi connectivity index (χ0n) is 14.4. The highest BCUT2D eigenvalue weighted by molar-refractivity contribution is 5.97. The molecule has 130 valence electrons. The Balaban J connectivity index is 3.00. The van der Waals surface area contributed by atoms with Gasteiger partial charge in [0.05, 0.1) is 0 Å². The minimum absolute atomic E-state index is 0.157. The molecular weight excluding hydrogens is 302 g/mol. The van der Waals surface area contributed by atoms with E-state index in [2.05, 4.69) is 30.4 Å². The molecule has 0 saturated carbocycles. The number of aromatic nitrogens is 1. The molecule has 0 spiro atoms. The molecule has 0 fully saturated rings. The van der Waals surface area contributed by atoms with Crippen LogP contribution in [-0.2, 0) is 4.79 Å². The van der Waals surface area contributed by atoms with Crippen LogP contribution in [-0.4, -0.2) is 40.8 Å². The predicted octanol–water partition coefficient (Wildman–Crippen LogP) is 2.96. The van der Waals surface area contributed by atoms with Crippen LogP contribution in [0.25, 0.3) is 0 Å². The summed E-state index contributed by atoms with van der Waals surface area (Å²) in [4.78, 5) is 30.9. The lowest BCUT2D eigenvalue weighted by Gasteiger charge is -2.30. The molecule has 0 saturated heterocycles. The molecule has 0 bridgehead atoms. The fourth-order valence-electron chi connectivity index (χ4n) is 2.46. The first kappa shape index (κ1) is 19.6. The molecule has 1 rings (SSSR count). The number of nitrogens with zero attached hydrogens (tertiary/aromatic N) is 2. The van der Waals surface area contributed by atoms with Gasteiger partial charge in [-0.05, 0) is 18.6 Å². The Morgan fingerprint density at radius 3 is 2.54 bits per heavy atom. The number of unbranched alkanes of at least 4 members (excludes halogenated alkanes) is 2. The Hall–Kier alpha value is -2.43. The van der Waals surface area contributed by atoms with Gasteiger partial charge in [0, 0.05) is 31.0 Å². The number of rotatable bonds is 11. The molecule has 0 aliphatic rings. The maximum absolute atomic E-state index is 12.8. The molecule has 5 nitrogen and oxygen atoms in total. The zero-order chi connectivity index (χ0) is 17.8. The number of hydrogen-bond donors (Lipinski definition) is 1. The largest absolute Gasteiger partial charge is 0.351 e. The van der Waals surface area contributed by atoms with Gasteiger partial charge in [0.1, 0.15) is 6.04 Å². The molecule has 1 atom stereocenters. The Morgan fingerprint density at radius 1 is 1.25 bits per heavy atom. The zero-order valence-corrected chi connectivity index (χ0v) is 14.4. The van der Waals surface area contributed by atoms with Gasteiger partial charge >= 0.3 is 0 Å². The predicted molar refractivity (Wildman–Crippen MR) is 96.6 cm³/mol. The van der Waals surface area contributed by atoms with E-state index in [-0.39, 0.29) is 11.8 Å². The highest BCUT2D eigenvalue weighted by atomic mass is 16.2. The second kappa shape index (κ2) is 11.2. The minimum Gasteiger partial charge on any atom is -0.351 e. The summed E-state index contributed by atoms with van der Waals surface area (Å²) >= 11 is 0. The number of carbonyl (C=O) groups is 2. The lowest BCUT2D eigenvalue weighted by molar-refractivity contribution is -0.125. The van der Waals surface area contributed by atoms with Gasteiger partial charge in [-0.1, -0.05) is 38.3 Å². The summed E-state index contributed by atoms with van der Waals surface area (Å²) < 4.78 is 0. The quantitative estimate of drug-likeness (QED) is 0.501. The first-order valence-electron chi connectivity index (χ1n) is 8.36. The Bertz CT molecular complexity index is 543. The van der Waals surface area contributed by atoms with Gasteiger partial charge in [0.2, 0.25) is 5.91 Å². The Morgan fingerprint density at radius 2 is 1.96 bits per heavy atom. The van der Waals surface area contributed by atoms with Gasteiger partial charge in [-0.3, -0.25) is 14.6 Å². The molecule has 0 aliphatic carbocycles. The van der Waals surface area contributed by atoms with Crippen molar-refractivity contribution in [3.8, 4) is 0 Å². The van der Waals surface area contributed by atoms with Crippen LogP contribution in [0.15, 0.2) is 49.8 Å². The second-order valence-electron chi connectivity index (χ2n) is 5.53. The van der Waals surface area contributed by atoms with Gasteiger partial charge in [-0.25, -0.2) is 0 Å². The monoisotopic (exact) mass is 329 g/mol. The van der Waals surface area contributed by atoms with E-state index in [0.29, 0.717) is 25.1 Å². The Kier molecular flexibility index (Phi) is 9.12. The average Bonchev–Trinajstić information content (AvgIpc) is 2.62. The number of nitrogens with one attached hydrogen (secondary N) is 1. The van der Waals surface area contributed by atoms with Crippen LogP contribution in [0.1, 0.15) is 43.0 Å². The molecular formula is C19H27N3O2. The molecule has 5 heteroatoms. The smallest absolute Gasteiger partial charge is 0.254 e. The molecule has 1 aromatic rings. The van der Waals surface area contributed by atoms with Gasteiger partial charge in [-0.2, -0.15) is 0 Å². The highest BCUT2D eigenvalue weighted by Crippen LogP contribution is 2.15. The van der Waals surface area contributed by atoms with Gasteiger partial charge < -0.3 is 10.2 Å². The van der Waals surface area contributed by atoms with Crippen molar-refractivity contribution in [2.45, 2.75) is 38.6 Å². The third-order valence-corrected chi connectivity index (χ3v) is 3.69. The normalized spacial score (nSPS) is 11.4. The summed E-state index contributed by atoms with van der Waals surface area (Å²) in [6.45, 7) is 10.1. The van der Waals surface area contributed by atoms with Crippen LogP contribution in [0.2, 0.25) is 0 Å². The van der Waals surface area contributed by atoms with Crippen molar-refractivity contribution in [1.29, 1.82) is 0 Å². The highest BCUT2D eigenvalue weighted by Gasteiger charge is 2.29. The van der Waals surface area contributed by atoms with E-state index in [1.54, 1.807) is 41.6 Å². The molecule has 1 unspecified atom stereocenters. The summed E-state index contributed by atoms with van der Waals surface area (Å²) in [7, 11) is 0. The van der Waals surface area contributed by atoms with Crippen molar-refractivity contribution in [3.05, 3.63) is 55.4 Å². The SMILES string of the molecule is C=CCNC(=O)C(CCCCC)N(CC=C)C(=O)c1ccncc1. The molecule has 2 amide bonds. The standard InChI is InChI=1S/C19H27N3O2/c1-4-7-8-9-17(18(23)21-12-5-2)22(15-6-3)19(24)16-10-13-20-14-11-16/h5-6,10-11,13-14,17H,2-4,7-9,12,15H2,1H3,(H,21,23). The fraction of sp³-hybridized carbons (Fsp3) is 0.421. The van der Waals surface area contributed by atoms with Crippen LogP contribution in [0.4, 0.5) is 0 Å². The average molecular weight is 329 g/mol. The molecule has 24 heavy (non-hydrogen) atoms. The first-order chi connectivity index (χ1) is 11.7. The van der Waals surface area contributed by atoms with Crippen molar-refractivity contribution >= 4 is 11.8 Å². The third kappa shape index (κ3) is 5.99. The summed E-state index contributed by atoms with van der Waals surface area (Å²) in [6.07, 6.45) is 10.0. The lowest BCUT2D eigenvalue weighted by atomic mass is 10.0. The summed E-state index contributed by atoms with van der Waals surface area (Å²) in [5, 5.41) is 2.81. The summed E-state index contributed by atoms with van der Waals surface area (Å²) in [5.41, 5.74) is 0.517. The second-order valence-corrected chi connectivity index (χ2v) is 5.53. The van der Waals surface area contributed by atoms with Crippen LogP contribution < -0.4 is 5.32 Å². The number of hydrogen-bond acceptors (Lipinski definition) is 3. The topological polar surface area (TPSA) is 62.3 Å². The maximum Gasteiger partial charge on any atom is 0.254 e. The van der Waals surface area contributed by atoms with E-state index >= 15 is 0 Å². The van der Waals surface area contributed by atoms with E-state index in [9.17, 15) is 9.59 Å². The van der Waals surface area contributed by atoms with Crippen molar-refractivity contribution < 1.29 is 9.59 Å². The molecule has 1 aromatic heterocycles. The van der Waals surface area contributed by atoms with E-state index in [1.807, 2.05) is 0 Å². The van der Waals surface area contributed by atoms with Crippen LogP contribution in [0.5, 0.6) is 0 Å². The number of pyridine rings is 1. The van der Waals surface area contributed by atoms with Crippen molar-refractivity contribution in [2.24, 2.45) is 0 Å². The first-order valence-corrected chi connectivity index (χ1v) is 8.36. The van der Waals surface area contributed by atoms with Gasteiger partial charge in [0.25, 0.3) is 5.91 Å². The van der Waals surface area contributed by atoms with Gasteiger partial charge in [0.15, 0.2) is 0 Å². The molecule has 1 heterocycles. The lowest BCUT2D eigenvalue weighted by Crippen LogP contribution is -2.49. The Labute approximate surface area is 144 Å². The molecule has 0 radical (unpaired) electrons. The number of carbonyl (C=O) groups excluding carboxylic acids is 2. The molecule has 0 aromatic carbocycles. The van der Waals surface area contributed by atoms with Crippen molar-refractivity contribution in [3.63, 3.8) is 0 Å². The van der Waals surface area contributed by atoms with Crippen LogP contribution >= 0.6 is 0 Å². The van der Waals surface area contributed by atoms with Crippen molar-refractivity contribution in [2.75, 3.05) is 13.1 Å². The summed E-state index contributed by atoms with van der Waals surface area (Å²) in [5.74, 6) is -0.345. The maximum atomic E-state index is 12.8. The minimum atomic E-state index is -0.518. The summed E-state index contributed by atoms with van der Waals surface area (Å²) in [6, 6.07) is 2.79. The van der Waals surface area contributed by atoms with E-state index in [4.69, 9.17) is 0 Å².